The summed E-state index contributed by atoms with van der Waals surface area (Å²) < 4.78 is 27.5. The third-order valence-corrected chi connectivity index (χ3v) is 3.30. The third-order valence-electron chi connectivity index (χ3n) is 2.84. The molecular weight excluding hydrogens is 322 g/mol. The lowest BCUT2D eigenvalue weighted by Gasteiger charge is -2.08. The standard InChI is InChI=1S/C13H13N5O4S/c1-23(20,21)22-12-10-11(16-7-15-10)17-13(18-12)14-6-8-3-2-4-9(19)5-8/h2-5,7,19H,6H2,1H3,(H2,14,15,16,17,18). The molecule has 0 saturated heterocycles. The summed E-state index contributed by atoms with van der Waals surface area (Å²) in [5.41, 5.74) is 1.37. The SMILES string of the molecule is CS(=O)(=O)Oc1nc(NCc2cccc(O)c2)nc2nc[nH]c12. The van der Waals surface area contributed by atoms with Crippen LogP contribution in [0.1, 0.15) is 5.56 Å². The largest absolute Gasteiger partial charge is 0.508 e. The lowest BCUT2D eigenvalue weighted by Crippen LogP contribution is -2.10. The van der Waals surface area contributed by atoms with Gasteiger partial charge in [0.15, 0.2) is 5.65 Å². The summed E-state index contributed by atoms with van der Waals surface area (Å²) in [6.07, 6.45) is 2.30. The number of aromatic nitrogens is 4. The molecule has 0 aliphatic carbocycles. The van der Waals surface area contributed by atoms with E-state index >= 15 is 0 Å². The van der Waals surface area contributed by atoms with Crippen LogP contribution in [0.3, 0.4) is 0 Å². The van der Waals surface area contributed by atoms with E-state index in [1.807, 2.05) is 6.07 Å². The van der Waals surface area contributed by atoms with E-state index in [2.05, 4.69) is 25.3 Å². The van der Waals surface area contributed by atoms with E-state index in [1.165, 1.54) is 6.33 Å². The molecule has 2 heterocycles. The molecule has 3 N–H and O–H groups in total. The molecule has 0 spiro atoms. The average Bonchev–Trinajstić information content (AvgIpc) is 2.92. The third kappa shape index (κ3) is 3.66. The summed E-state index contributed by atoms with van der Waals surface area (Å²) in [5.74, 6) is 0.175. The van der Waals surface area contributed by atoms with Gasteiger partial charge in [0.2, 0.25) is 5.95 Å². The maximum Gasteiger partial charge on any atom is 0.307 e. The molecule has 0 bridgehead atoms. The second-order valence-electron chi connectivity index (χ2n) is 4.76. The van der Waals surface area contributed by atoms with Gasteiger partial charge in [-0.3, -0.25) is 0 Å². The summed E-state index contributed by atoms with van der Waals surface area (Å²) in [6.45, 7) is 0.336. The summed E-state index contributed by atoms with van der Waals surface area (Å²) >= 11 is 0. The van der Waals surface area contributed by atoms with E-state index in [1.54, 1.807) is 18.2 Å². The number of hydrogen-bond donors (Lipinski definition) is 3. The Morgan fingerprint density at radius 3 is 2.91 bits per heavy atom. The highest BCUT2D eigenvalue weighted by Gasteiger charge is 2.15. The Balaban J connectivity index is 1.89. The molecule has 0 amide bonds. The van der Waals surface area contributed by atoms with Gasteiger partial charge in [-0.1, -0.05) is 12.1 Å². The molecule has 0 aliphatic heterocycles. The molecule has 1 aromatic carbocycles. The van der Waals surface area contributed by atoms with Gasteiger partial charge in [-0.15, -0.1) is 0 Å². The Labute approximate surface area is 131 Å². The minimum atomic E-state index is -3.73. The van der Waals surface area contributed by atoms with Crippen LogP contribution in [0.5, 0.6) is 11.6 Å². The highest BCUT2D eigenvalue weighted by atomic mass is 32.2. The first-order valence-corrected chi connectivity index (χ1v) is 8.35. The number of imidazole rings is 1. The van der Waals surface area contributed by atoms with E-state index in [9.17, 15) is 13.5 Å². The first kappa shape index (κ1) is 15.0. The van der Waals surface area contributed by atoms with Gasteiger partial charge in [0.1, 0.15) is 11.3 Å². The van der Waals surface area contributed by atoms with Gasteiger partial charge in [0.25, 0.3) is 5.88 Å². The van der Waals surface area contributed by atoms with Gasteiger partial charge in [0, 0.05) is 6.54 Å². The summed E-state index contributed by atoms with van der Waals surface area (Å²) in [6, 6.07) is 6.68. The number of phenols is 1. The molecule has 3 rings (SSSR count). The maximum absolute atomic E-state index is 11.3. The molecule has 10 heteroatoms. The average molecular weight is 335 g/mol. The van der Waals surface area contributed by atoms with E-state index in [0.717, 1.165) is 11.8 Å². The van der Waals surface area contributed by atoms with Crippen molar-refractivity contribution in [3.05, 3.63) is 36.2 Å². The van der Waals surface area contributed by atoms with Crippen LogP contribution >= 0.6 is 0 Å². The fourth-order valence-electron chi connectivity index (χ4n) is 1.94. The Bertz CT molecular complexity index is 954. The summed E-state index contributed by atoms with van der Waals surface area (Å²) in [7, 11) is -3.73. The van der Waals surface area contributed by atoms with Crippen molar-refractivity contribution in [3.63, 3.8) is 0 Å². The minimum absolute atomic E-state index is 0.131. The lowest BCUT2D eigenvalue weighted by molar-refractivity contribution is 0.474. The number of anilines is 1. The molecule has 0 saturated carbocycles. The molecule has 0 aliphatic rings. The van der Waals surface area contributed by atoms with Crippen molar-refractivity contribution in [1.29, 1.82) is 0 Å². The van der Waals surface area contributed by atoms with E-state index in [-0.39, 0.29) is 23.2 Å². The van der Waals surface area contributed by atoms with Gasteiger partial charge in [-0.2, -0.15) is 18.4 Å². The smallest absolute Gasteiger partial charge is 0.307 e. The van der Waals surface area contributed by atoms with E-state index in [0.29, 0.717) is 12.1 Å². The van der Waals surface area contributed by atoms with Crippen LogP contribution in [-0.4, -0.2) is 39.7 Å². The summed E-state index contributed by atoms with van der Waals surface area (Å²) in [4.78, 5) is 14.9. The van der Waals surface area contributed by atoms with E-state index in [4.69, 9.17) is 4.18 Å². The molecule has 0 radical (unpaired) electrons. The minimum Gasteiger partial charge on any atom is -0.508 e. The van der Waals surface area contributed by atoms with Crippen molar-refractivity contribution in [1.82, 2.24) is 19.9 Å². The molecule has 0 unspecified atom stereocenters. The predicted molar refractivity (Wildman–Crippen MR) is 82.6 cm³/mol. The zero-order valence-corrected chi connectivity index (χ0v) is 12.8. The maximum atomic E-state index is 11.3. The second-order valence-corrected chi connectivity index (χ2v) is 6.34. The van der Waals surface area contributed by atoms with Crippen LogP contribution in [0.25, 0.3) is 11.2 Å². The van der Waals surface area contributed by atoms with Crippen LogP contribution < -0.4 is 9.50 Å². The quantitative estimate of drug-likeness (QED) is 0.589. The summed E-state index contributed by atoms with van der Waals surface area (Å²) in [5, 5.41) is 12.4. The molecule has 23 heavy (non-hydrogen) atoms. The normalized spacial score (nSPS) is 11.5. The van der Waals surface area contributed by atoms with Crippen molar-refractivity contribution in [2.24, 2.45) is 0 Å². The number of nitrogens with zero attached hydrogens (tertiary/aromatic N) is 3. The number of fused-ring (bicyclic) bond motifs is 1. The zero-order chi connectivity index (χ0) is 16.4. The topological polar surface area (TPSA) is 130 Å². The molecule has 9 nitrogen and oxygen atoms in total. The molecule has 120 valence electrons. The Morgan fingerprint density at radius 1 is 1.35 bits per heavy atom. The van der Waals surface area contributed by atoms with Gasteiger partial charge in [-0.05, 0) is 17.7 Å². The van der Waals surface area contributed by atoms with Crippen LogP contribution in [-0.2, 0) is 16.7 Å². The van der Waals surface area contributed by atoms with Crippen molar-refractivity contribution in [2.75, 3.05) is 11.6 Å². The van der Waals surface area contributed by atoms with Crippen LogP contribution in [0, 0.1) is 0 Å². The van der Waals surface area contributed by atoms with Crippen LogP contribution in [0.4, 0.5) is 5.95 Å². The Hall–Kier alpha value is -2.88. The van der Waals surface area contributed by atoms with Gasteiger partial charge in [0.05, 0.1) is 12.6 Å². The first-order chi connectivity index (χ1) is 10.9. The van der Waals surface area contributed by atoms with Crippen molar-refractivity contribution >= 4 is 27.2 Å². The first-order valence-electron chi connectivity index (χ1n) is 6.53. The highest BCUT2D eigenvalue weighted by Crippen LogP contribution is 2.22. The number of aromatic amines is 1. The molecule has 0 atom stereocenters. The Kier molecular flexibility index (Phi) is 3.74. The number of hydrogen-bond acceptors (Lipinski definition) is 8. The van der Waals surface area contributed by atoms with Crippen LogP contribution in [0.15, 0.2) is 30.6 Å². The Morgan fingerprint density at radius 2 is 2.17 bits per heavy atom. The highest BCUT2D eigenvalue weighted by molar-refractivity contribution is 7.86. The number of aromatic hydroxyl groups is 1. The fraction of sp³-hybridized carbons (Fsp3) is 0.154. The number of benzene rings is 1. The molecule has 0 fully saturated rings. The van der Waals surface area contributed by atoms with Crippen molar-refractivity contribution < 1.29 is 17.7 Å². The number of nitrogens with one attached hydrogen (secondary N) is 2. The zero-order valence-electron chi connectivity index (χ0n) is 12.0. The monoisotopic (exact) mass is 335 g/mol. The van der Waals surface area contributed by atoms with E-state index < -0.39 is 10.1 Å². The number of phenolic OH excluding ortho intramolecular Hbond substituents is 1. The second kappa shape index (κ2) is 5.72. The molecule has 2 aromatic heterocycles. The van der Waals surface area contributed by atoms with Crippen molar-refractivity contribution in [3.8, 4) is 11.6 Å². The number of H-pyrrole nitrogens is 1. The molecular formula is C13H13N5O4S. The molecule has 3 aromatic rings. The van der Waals surface area contributed by atoms with Crippen molar-refractivity contribution in [2.45, 2.75) is 6.54 Å². The number of rotatable bonds is 5. The van der Waals surface area contributed by atoms with Gasteiger partial charge < -0.3 is 19.6 Å². The van der Waals surface area contributed by atoms with Gasteiger partial charge in [-0.25, -0.2) is 4.98 Å². The van der Waals surface area contributed by atoms with Crippen LogP contribution in [0.2, 0.25) is 0 Å². The lowest BCUT2D eigenvalue weighted by atomic mass is 10.2. The van der Waals surface area contributed by atoms with Gasteiger partial charge >= 0.3 is 10.1 Å². The predicted octanol–water partition coefficient (Wildman–Crippen LogP) is 1.01. The fourth-order valence-corrected chi connectivity index (χ4v) is 2.34.